The fourth-order valence-electron chi connectivity index (χ4n) is 2.81. The molecule has 2 atom stereocenters. The number of rotatable bonds is 3. The van der Waals surface area contributed by atoms with Crippen LogP contribution in [0.4, 0.5) is 5.69 Å². The molecule has 1 aliphatic heterocycles. The van der Waals surface area contributed by atoms with E-state index in [1.165, 1.54) is 24.1 Å². The van der Waals surface area contributed by atoms with Gasteiger partial charge in [-0.05, 0) is 12.5 Å². The van der Waals surface area contributed by atoms with Gasteiger partial charge in [-0.1, -0.05) is 31.5 Å². The number of benzene rings is 1. The van der Waals surface area contributed by atoms with Crippen LogP contribution in [0.5, 0.6) is 0 Å². The molecule has 1 aromatic carbocycles. The van der Waals surface area contributed by atoms with E-state index in [-0.39, 0.29) is 6.10 Å². The second-order valence-corrected chi connectivity index (χ2v) is 4.64. The highest BCUT2D eigenvalue weighted by atomic mass is 16.5. The summed E-state index contributed by atoms with van der Waals surface area (Å²) in [6, 6.07) is 8.58. The zero-order chi connectivity index (χ0) is 11.5. The molecule has 2 nitrogen and oxygen atoms in total. The summed E-state index contributed by atoms with van der Waals surface area (Å²) in [5.41, 5.74) is 2.67. The van der Waals surface area contributed by atoms with Gasteiger partial charge >= 0.3 is 0 Å². The van der Waals surface area contributed by atoms with Crippen LogP contribution in [0.1, 0.15) is 31.4 Å². The molecule has 0 N–H and O–H groups in total. The number of methoxy groups -OCH3 is 1. The lowest BCUT2D eigenvalue weighted by atomic mass is 9.86. The Morgan fingerprint density at radius 1 is 1.38 bits per heavy atom. The molecule has 0 saturated heterocycles. The molecule has 1 aromatic rings. The number of hydrogen-bond donors (Lipinski definition) is 0. The number of anilines is 1. The van der Waals surface area contributed by atoms with E-state index in [9.17, 15) is 0 Å². The minimum atomic E-state index is 0.271. The quantitative estimate of drug-likeness (QED) is 0.774. The van der Waals surface area contributed by atoms with Crippen molar-refractivity contribution in [3.63, 3.8) is 0 Å². The smallest absolute Gasteiger partial charge is 0.0886 e. The van der Waals surface area contributed by atoms with Crippen molar-refractivity contribution in [1.29, 1.82) is 0 Å². The summed E-state index contributed by atoms with van der Waals surface area (Å²) in [6.07, 6.45) is 2.73. The molecule has 0 aromatic heterocycles. The zero-order valence-corrected chi connectivity index (χ0v) is 10.4. The van der Waals surface area contributed by atoms with Crippen LogP contribution < -0.4 is 4.90 Å². The van der Waals surface area contributed by atoms with E-state index >= 15 is 0 Å². The number of hydrogen-bond acceptors (Lipinski definition) is 2. The van der Waals surface area contributed by atoms with E-state index in [1.807, 2.05) is 7.11 Å². The second-order valence-electron chi connectivity index (χ2n) is 4.64. The maximum Gasteiger partial charge on any atom is 0.0886 e. The molecule has 0 spiro atoms. The summed E-state index contributed by atoms with van der Waals surface area (Å²) in [5.74, 6) is 0.620. The lowest BCUT2D eigenvalue weighted by Crippen LogP contribution is -2.35. The highest BCUT2D eigenvalue weighted by Gasteiger charge is 2.31. The molecule has 2 rings (SSSR count). The summed E-state index contributed by atoms with van der Waals surface area (Å²) < 4.78 is 5.70. The number of ether oxygens (including phenoxy) is 1. The maximum absolute atomic E-state index is 5.70. The summed E-state index contributed by atoms with van der Waals surface area (Å²) >= 11 is 0. The summed E-state index contributed by atoms with van der Waals surface area (Å²) in [4.78, 5) is 2.35. The SMILES string of the molecule is CCC[C@H]1CN(C)c2ccccc2[C@H]1OC. The van der Waals surface area contributed by atoms with Gasteiger partial charge in [0.05, 0.1) is 6.10 Å². The van der Waals surface area contributed by atoms with Crippen molar-refractivity contribution >= 4 is 5.69 Å². The Kier molecular flexibility index (Phi) is 3.49. The van der Waals surface area contributed by atoms with Gasteiger partial charge in [0, 0.05) is 37.9 Å². The van der Waals surface area contributed by atoms with Crippen LogP contribution in [0.2, 0.25) is 0 Å². The minimum absolute atomic E-state index is 0.271. The molecular formula is C14H21NO. The fraction of sp³-hybridized carbons (Fsp3) is 0.571. The van der Waals surface area contributed by atoms with Crippen molar-refractivity contribution in [2.24, 2.45) is 5.92 Å². The van der Waals surface area contributed by atoms with Crippen molar-refractivity contribution in [3.05, 3.63) is 29.8 Å². The van der Waals surface area contributed by atoms with Crippen molar-refractivity contribution < 1.29 is 4.74 Å². The maximum atomic E-state index is 5.70. The molecule has 1 aliphatic rings. The largest absolute Gasteiger partial charge is 0.376 e. The van der Waals surface area contributed by atoms with Gasteiger partial charge in [0.25, 0.3) is 0 Å². The molecule has 0 fully saturated rings. The Morgan fingerprint density at radius 3 is 2.81 bits per heavy atom. The average molecular weight is 219 g/mol. The molecule has 0 aliphatic carbocycles. The zero-order valence-electron chi connectivity index (χ0n) is 10.4. The van der Waals surface area contributed by atoms with Crippen LogP contribution in [-0.4, -0.2) is 20.7 Å². The molecule has 88 valence electrons. The molecule has 16 heavy (non-hydrogen) atoms. The van der Waals surface area contributed by atoms with E-state index < -0.39 is 0 Å². The van der Waals surface area contributed by atoms with E-state index in [0.29, 0.717) is 5.92 Å². The monoisotopic (exact) mass is 219 g/mol. The standard InChI is InChI=1S/C14H21NO/c1-4-7-11-10-15(2)13-9-6-5-8-12(13)14(11)16-3/h5-6,8-9,11,14H,4,7,10H2,1-3H3/t11-,14-/m0/s1. The van der Waals surface area contributed by atoms with Crippen LogP contribution in [0.3, 0.4) is 0 Å². The van der Waals surface area contributed by atoms with Crippen LogP contribution in [0.15, 0.2) is 24.3 Å². The third-order valence-electron chi connectivity index (χ3n) is 3.50. The third-order valence-corrected chi connectivity index (χ3v) is 3.50. The Labute approximate surface area is 98.2 Å². The van der Waals surface area contributed by atoms with Crippen LogP contribution in [-0.2, 0) is 4.74 Å². The first-order valence-corrected chi connectivity index (χ1v) is 6.10. The fourth-order valence-corrected chi connectivity index (χ4v) is 2.81. The van der Waals surface area contributed by atoms with Crippen LogP contribution in [0.25, 0.3) is 0 Å². The van der Waals surface area contributed by atoms with Gasteiger partial charge in [0.1, 0.15) is 0 Å². The molecule has 0 saturated carbocycles. The van der Waals surface area contributed by atoms with Gasteiger partial charge in [-0.25, -0.2) is 0 Å². The first-order valence-electron chi connectivity index (χ1n) is 6.10. The topological polar surface area (TPSA) is 12.5 Å². The van der Waals surface area contributed by atoms with E-state index in [1.54, 1.807) is 0 Å². The van der Waals surface area contributed by atoms with Crippen molar-refractivity contribution in [2.75, 3.05) is 25.6 Å². The highest BCUT2D eigenvalue weighted by molar-refractivity contribution is 5.56. The Balaban J connectivity index is 2.34. The first kappa shape index (κ1) is 11.5. The van der Waals surface area contributed by atoms with E-state index in [0.717, 1.165) is 6.54 Å². The molecule has 0 amide bonds. The van der Waals surface area contributed by atoms with Gasteiger partial charge in [0.15, 0.2) is 0 Å². The molecule has 1 heterocycles. The summed E-state index contributed by atoms with van der Waals surface area (Å²) in [7, 11) is 4.00. The predicted octanol–water partition coefficient (Wildman–Crippen LogP) is 3.24. The summed E-state index contributed by atoms with van der Waals surface area (Å²) in [6.45, 7) is 3.34. The van der Waals surface area contributed by atoms with Crippen LogP contribution in [0, 0.1) is 5.92 Å². The average Bonchev–Trinajstić information content (AvgIpc) is 2.30. The number of para-hydroxylation sites is 1. The number of fused-ring (bicyclic) bond motifs is 1. The molecule has 0 bridgehead atoms. The Bertz CT molecular complexity index is 350. The molecule has 0 unspecified atom stereocenters. The second kappa shape index (κ2) is 4.88. The highest BCUT2D eigenvalue weighted by Crippen LogP contribution is 2.39. The van der Waals surface area contributed by atoms with Gasteiger partial charge in [-0.2, -0.15) is 0 Å². The Hall–Kier alpha value is -1.02. The number of nitrogens with zero attached hydrogens (tertiary/aromatic N) is 1. The molecule has 2 heteroatoms. The molecular weight excluding hydrogens is 198 g/mol. The van der Waals surface area contributed by atoms with Gasteiger partial charge < -0.3 is 9.64 Å². The van der Waals surface area contributed by atoms with Gasteiger partial charge in [0.2, 0.25) is 0 Å². The lowest BCUT2D eigenvalue weighted by molar-refractivity contribution is 0.0457. The van der Waals surface area contributed by atoms with Gasteiger partial charge in [-0.3, -0.25) is 0 Å². The lowest BCUT2D eigenvalue weighted by Gasteiger charge is -2.38. The van der Waals surface area contributed by atoms with E-state index in [2.05, 4.69) is 43.1 Å². The van der Waals surface area contributed by atoms with Crippen molar-refractivity contribution in [3.8, 4) is 0 Å². The minimum Gasteiger partial charge on any atom is -0.376 e. The normalized spacial score (nSPS) is 24.3. The van der Waals surface area contributed by atoms with Crippen LogP contribution >= 0.6 is 0 Å². The summed E-state index contributed by atoms with van der Waals surface area (Å²) in [5, 5.41) is 0. The third kappa shape index (κ3) is 1.94. The van der Waals surface area contributed by atoms with E-state index in [4.69, 9.17) is 4.74 Å². The Morgan fingerprint density at radius 2 is 2.12 bits per heavy atom. The van der Waals surface area contributed by atoms with Gasteiger partial charge in [-0.15, -0.1) is 0 Å². The van der Waals surface area contributed by atoms with Crippen molar-refractivity contribution in [2.45, 2.75) is 25.9 Å². The first-order chi connectivity index (χ1) is 7.77. The molecule has 0 radical (unpaired) electrons. The predicted molar refractivity (Wildman–Crippen MR) is 67.9 cm³/mol. The van der Waals surface area contributed by atoms with Crippen molar-refractivity contribution in [1.82, 2.24) is 0 Å².